The maximum Gasteiger partial charge on any atom is 0.200 e. The van der Waals surface area contributed by atoms with Gasteiger partial charge in [0.25, 0.3) is 0 Å². The summed E-state index contributed by atoms with van der Waals surface area (Å²) >= 11 is 0. The minimum atomic E-state index is -0.532. The van der Waals surface area contributed by atoms with Gasteiger partial charge in [0, 0.05) is 44.4 Å². The van der Waals surface area contributed by atoms with Crippen molar-refractivity contribution in [2.75, 3.05) is 5.32 Å². The summed E-state index contributed by atoms with van der Waals surface area (Å²) in [7, 11) is 5.09. The molecule has 6 heteroatoms. The van der Waals surface area contributed by atoms with Crippen LogP contribution in [-0.2, 0) is 39.1 Å². The average Bonchev–Trinajstić information content (AvgIpc) is 2.48. The van der Waals surface area contributed by atoms with E-state index in [0.717, 1.165) is 11.1 Å². The van der Waals surface area contributed by atoms with Crippen molar-refractivity contribution in [3.63, 3.8) is 0 Å². The van der Waals surface area contributed by atoms with E-state index < -0.39 is 5.81 Å². The van der Waals surface area contributed by atoms with Crippen molar-refractivity contribution in [3.8, 4) is 0 Å². The van der Waals surface area contributed by atoms with Crippen molar-refractivity contribution in [1.82, 2.24) is 5.32 Å². The molecule has 0 bridgehead atoms. The number of nitrogens with one attached hydrogen (secondary N) is 2. The molecule has 0 spiro atoms. The number of hydrogen-bond donors (Lipinski definition) is 2. The molecule has 2 rings (SSSR count). The topological polar surface area (TPSA) is 58.2 Å². The summed E-state index contributed by atoms with van der Waals surface area (Å²) < 4.78 is 0. The van der Waals surface area contributed by atoms with Gasteiger partial charge in [0.1, 0.15) is 0 Å². The minimum Gasteiger partial charge on any atom is -0.363 e. The molecule has 0 saturated carbocycles. The van der Waals surface area contributed by atoms with Crippen molar-refractivity contribution >= 4 is 25.2 Å². The molecule has 2 amide bonds. The van der Waals surface area contributed by atoms with Crippen LogP contribution in [0.15, 0.2) is 42.5 Å². The number of rotatable bonds is 5. The summed E-state index contributed by atoms with van der Waals surface area (Å²) in [6, 6.07) is 15.8. The number of carbonyl (C=O) groups excluding carboxylic acids is 2. The first-order valence-electron chi connectivity index (χ1n) is 7.39. The Kier molecular flexibility index (Phi) is 8.37. The monoisotopic (exact) mass is 394 g/mol. The molecule has 0 aliphatic rings. The van der Waals surface area contributed by atoms with Crippen LogP contribution < -0.4 is 10.6 Å². The van der Waals surface area contributed by atoms with Crippen molar-refractivity contribution in [2.45, 2.75) is 26.3 Å². The van der Waals surface area contributed by atoms with E-state index in [0.29, 0.717) is 17.7 Å². The molecule has 3 radical (unpaired) electrons. The van der Waals surface area contributed by atoms with Gasteiger partial charge < -0.3 is 15.4 Å². The van der Waals surface area contributed by atoms with E-state index in [1.165, 1.54) is 0 Å². The average molecular weight is 394 g/mol. The van der Waals surface area contributed by atoms with Gasteiger partial charge in [-0.3, -0.25) is 4.79 Å². The number of amides is 2. The van der Waals surface area contributed by atoms with Crippen LogP contribution in [0.3, 0.4) is 0 Å². The van der Waals surface area contributed by atoms with E-state index in [4.69, 9.17) is 7.85 Å². The molecule has 4 nitrogen and oxygen atoms in total. The Bertz CT molecular complexity index is 704. The molecule has 0 aliphatic carbocycles. The smallest absolute Gasteiger partial charge is 0.200 e. The van der Waals surface area contributed by atoms with Gasteiger partial charge in [-0.2, -0.15) is 0 Å². The Morgan fingerprint density at radius 3 is 2.46 bits per heavy atom. The van der Waals surface area contributed by atoms with Crippen LogP contribution in [0.2, 0.25) is 0 Å². The Balaban J connectivity index is 0.00000288. The Labute approximate surface area is 169 Å². The molecule has 2 aromatic carbocycles. The Morgan fingerprint density at radius 2 is 1.88 bits per heavy atom. The summed E-state index contributed by atoms with van der Waals surface area (Å²) in [4.78, 5) is 23.0. The van der Waals surface area contributed by atoms with Gasteiger partial charge in [0.05, 0.1) is 0 Å². The van der Waals surface area contributed by atoms with Crippen molar-refractivity contribution in [1.29, 1.82) is 0 Å². The maximum absolute atomic E-state index is 12.2. The van der Waals surface area contributed by atoms with Gasteiger partial charge in [-0.05, 0) is 31.0 Å². The predicted molar refractivity (Wildman–Crippen MR) is 91.9 cm³/mol. The molecule has 0 saturated heterocycles. The number of carbonyl (C=O) groups is 2. The van der Waals surface area contributed by atoms with E-state index in [2.05, 4.69) is 16.7 Å². The zero-order valence-corrected chi connectivity index (χ0v) is 16.6. The van der Waals surface area contributed by atoms with E-state index in [9.17, 15) is 9.59 Å². The molecule has 0 aromatic heterocycles. The fourth-order valence-corrected chi connectivity index (χ4v) is 2.33. The van der Waals surface area contributed by atoms with Crippen LogP contribution in [0.5, 0.6) is 0 Å². The fraction of sp³-hybridized carbons (Fsp3) is 0.222. The fourth-order valence-electron chi connectivity index (χ4n) is 2.33. The van der Waals surface area contributed by atoms with Gasteiger partial charge in [0.2, 0.25) is 7.85 Å². The third kappa shape index (κ3) is 6.21. The maximum atomic E-state index is 12.2. The second-order valence-corrected chi connectivity index (χ2v) is 5.49. The molecule has 2 aromatic rings. The molecule has 24 heavy (non-hydrogen) atoms. The van der Waals surface area contributed by atoms with Crippen molar-refractivity contribution in [3.05, 3.63) is 65.2 Å². The second-order valence-electron chi connectivity index (χ2n) is 5.49. The van der Waals surface area contributed by atoms with Crippen LogP contribution in [-0.4, -0.2) is 25.6 Å². The zero-order valence-electron chi connectivity index (χ0n) is 13.8. The molecule has 2 N–H and O–H groups in total. The van der Waals surface area contributed by atoms with Crippen LogP contribution in [0.4, 0.5) is 10.5 Å². The van der Waals surface area contributed by atoms with Crippen LogP contribution >= 0.6 is 0 Å². The minimum absolute atomic E-state index is 0. The predicted octanol–water partition coefficient (Wildman–Crippen LogP) is 2.85. The third-order valence-corrected chi connectivity index (χ3v) is 3.43. The van der Waals surface area contributed by atoms with Gasteiger partial charge in [-0.1, -0.05) is 24.6 Å². The van der Waals surface area contributed by atoms with Crippen LogP contribution in [0.25, 0.3) is 0 Å². The molecule has 0 fully saturated rings. The normalized spacial score (nSPS) is 11.1. The number of anilines is 1. The molecule has 1 atom stereocenters. The first-order valence-corrected chi connectivity index (χ1v) is 7.39. The summed E-state index contributed by atoms with van der Waals surface area (Å²) in [6.07, 6.45) is 0.669. The Morgan fingerprint density at radius 1 is 1.21 bits per heavy atom. The molecule has 0 aliphatic heterocycles. The third-order valence-electron chi connectivity index (χ3n) is 3.43. The van der Waals surface area contributed by atoms with E-state index >= 15 is 0 Å². The summed E-state index contributed by atoms with van der Waals surface area (Å²) in [6.45, 7) is 3.76. The quantitative estimate of drug-likeness (QED) is 0.606. The molecule has 0 unspecified atom stereocenters. The summed E-state index contributed by atoms with van der Waals surface area (Å²) in [5, 5.41) is 5.48. The standard InChI is InChI=1S/C18H18BN2O2.Y/c1-12-5-3-4-6-16(12)17(22)21-15-9-7-14(8-10-15)11-13(2)20-18(19)23;/h3-5,7-10,13H,11H2,1-2H3,(H,20,23)(H,21,22);/q-1;/t13-;/m1./s1. The van der Waals surface area contributed by atoms with Crippen LogP contribution in [0.1, 0.15) is 28.4 Å². The summed E-state index contributed by atoms with van der Waals surface area (Å²) in [5.41, 5.74) is 3.18. The number of hydrogen-bond acceptors (Lipinski definition) is 2. The zero-order chi connectivity index (χ0) is 16.8. The second kappa shape index (κ2) is 9.75. The van der Waals surface area contributed by atoms with Gasteiger partial charge in [-0.15, -0.1) is 29.8 Å². The first kappa shape index (κ1) is 20.6. The van der Waals surface area contributed by atoms with Gasteiger partial charge in [0.15, 0.2) is 11.7 Å². The van der Waals surface area contributed by atoms with Gasteiger partial charge in [-0.25, -0.2) is 0 Å². The van der Waals surface area contributed by atoms with E-state index in [1.54, 1.807) is 6.07 Å². The molecule has 119 valence electrons. The van der Waals surface area contributed by atoms with E-state index in [1.807, 2.05) is 50.2 Å². The number of aryl methyl sites for hydroxylation is 1. The van der Waals surface area contributed by atoms with Crippen LogP contribution in [0, 0.1) is 13.0 Å². The molecular formula is C18H18BN2O2Y-. The largest absolute Gasteiger partial charge is 0.363 e. The first-order chi connectivity index (χ1) is 11.0. The van der Waals surface area contributed by atoms with Crippen molar-refractivity contribution in [2.24, 2.45) is 0 Å². The van der Waals surface area contributed by atoms with Gasteiger partial charge >= 0.3 is 0 Å². The van der Waals surface area contributed by atoms with Crippen molar-refractivity contribution < 1.29 is 42.3 Å². The molecule has 0 heterocycles. The molecular weight excluding hydrogens is 376 g/mol. The Hall–Kier alpha value is -1.45. The van der Waals surface area contributed by atoms with E-state index in [-0.39, 0.29) is 44.7 Å². The number of benzene rings is 2. The SMILES string of the molecule is [B]C(=O)N[C@H](C)Cc1ccc(NC(=O)c2[c-]cccc2C)cc1.[Y]. The summed E-state index contributed by atoms with van der Waals surface area (Å²) in [5.74, 6) is -0.713.